The van der Waals surface area contributed by atoms with Gasteiger partial charge < -0.3 is 14.8 Å². The van der Waals surface area contributed by atoms with Crippen molar-refractivity contribution in [3.05, 3.63) is 34.8 Å². The molecule has 3 nitrogen and oxygen atoms in total. The summed E-state index contributed by atoms with van der Waals surface area (Å²) in [6, 6.07) is 4.53. The molecule has 0 aromatic heterocycles. The van der Waals surface area contributed by atoms with E-state index in [0.717, 1.165) is 28.1 Å². The lowest BCUT2D eigenvalue weighted by Gasteiger charge is -2.18. The van der Waals surface area contributed by atoms with E-state index in [-0.39, 0.29) is 6.10 Å². The molecule has 0 aliphatic rings. The zero-order chi connectivity index (χ0) is 15.1. The first-order chi connectivity index (χ1) is 9.47. The number of ether oxygens (including phenoxy) is 2. The number of rotatable bonds is 8. The zero-order valence-electron chi connectivity index (χ0n) is 12.7. The van der Waals surface area contributed by atoms with Crippen LogP contribution in [0, 0.1) is 0 Å². The van der Waals surface area contributed by atoms with Crippen LogP contribution in [0.25, 0.3) is 0 Å². The third kappa shape index (κ3) is 5.17. The van der Waals surface area contributed by atoms with Gasteiger partial charge >= 0.3 is 0 Å². The summed E-state index contributed by atoms with van der Waals surface area (Å²) in [6.07, 6.45) is 1.70. The summed E-state index contributed by atoms with van der Waals surface area (Å²) in [7, 11) is 0. The van der Waals surface area contributed by atoms with Crippen LogP contribution >= 0.6 is 15.9 Å². The van der Waals surface area contributed by atoms with Crippen LogP contribution in [0.15, 0.2) is 29.3 Å². The van der Waals surface area contributed by atoms with Crippen LogP contribution in [0.3, 0.4) is 0 Å². The molecule has 1 rings (SSSR count). The first-order valence-electron chi connectivity index (χ1n) is 6.95. The number of nitrogens with one attached hydrogen (secondary N) is 1. The van der Waals surface area contributed by atoms with Gasteiger partial charge in [-0.15, -0.1) is 0 Å². The van der Waals surface area contributed by atoms with Crippen LogP contribution in [0.1, 0.15) is 33.3 Å². The summed E-state index contributed by atoms with van der Waals surface area (Å²) in [6.45, 7) is 13.3. The highest BCUT2D eigenvalue weighted by Crippen LogP contribution is 2.37. The second-order valence-electron chi connectivity index (χ2n) is 4.93. The molecule has 0 amide bonds. The molecule has 0 aliphatic carbocycles. The van der Waals surface area contributed by atoms with Gasteiger partial charge in [0, 0.05) is 12.6 Å². The standard InChI is InChI=1S/C16H24BrNO2/c1-6-12(5)20-16-14(17)8-13(10-18-11(3)4)9-15(16)19-7-2/h6,8-9,11-12,18H,1,7,10H2,2-5H3. The van der Waals surface area contributed by atoms with Gasteiger partial charge in [0.2, 0.25) is 0 Å². The molecule has 1 unspecified atom stereocenters. The van der Waals surface area contributed by atoms with Crippen LogP contribution in [0.4, 0.5) is 0 Å². The monoisotopic (exact) mass is 341 g/mol. The van der Waals surface area contributed by atoms with Gasteiger partial charge in [0.15, 0.2) is 11.5 Å². The number of halogens is 1. The minimum atomic E-state index is -0.0647. The molecule has 0 aliphatic heterocycles. The van der Waals surface area contributed by atoms with E-state index in [1.807, 2.05) is 19.9 Å². The molecule has 0 spiro atoms. The Hall–Kier alpha value is -1.00. The molecule has 1 aromatic carbocycles. The molecule has 1 aromatic rings. The van der Waals surface area contributed by atoms with Crippen molar-refractivity contribution >= 4 is 15.9 Å². The van der Waals surface area contributed by atoms with Gasteiger partial charge in [0.25, 0.3) is 0 Å². The fourth-order valence-corrected chi connectivity index (χ4v) is 2.24. The highest BCUT2D eigenvalue weighted by atomic mass is 79.9. The van der Waals surface area contributed by atoms with Crippen molar-refractivity contribution in [1.29, 1.82) is 0 Å². The summed E-state index contributed by atoms with van der Waals surface area (Å²) in [5.74, 6) is 1.49. The first kappa shape index (κ1) is 17.1. The second kappa shape index (κ2) is 8.32. The van der Waals surface area contributed by atoms with Crippen molar-refractivity contribution in [2.45, 2.75) is 46.4 Å². The lowest BCUT2D eigenvalue weighted by atomic mass is 10.2. The van der Waals surface area contributed by atoms with Gasteiger partial charge in [-0.25, -0.2) is 0 Å². The van der Waals surface area contributed by atoms with E-state index in [1.165, 1.54) is 0 Å². The molecular formula is C16H24BrNO2. The maximum Gasteiger partial charge on any atom is 0.176 e. The molecule has 112 valence electrons. The average Bonchev–Trinajstić information content (AvgIpc) is 2.40. The summed E-state index contributed by atoms with van der Waals surface area (Å²) >= 11 is 3.57. The van der Waals surface area contributed by atoms with E-state index < -0.39 is 0 Å². The lowest BCUT2D eigenvalue weighted by Crippen LogP contribution is -2.22. The van der Waals surface area contributed by atoms with E-state index in [9.17, 15) is 0 Å². The molecule has 0 fully saturated rings. The third-order valence-corrected chi connectivity index (χ3v) is 3.31. The van der Waals surface area contributed by atoms with Crippen LogP contribution < -0.4 is 14.8 Å². The van der Waals surface area contributed by atoms with Crippen molar-refractivity contribution in [3.8, 4) is 11.5 Å². The Labute approximate surface area is 130 Å². The lowest BCUT2D eigenvalue weighted by molar-refractivity contribution is 0.243. The molecule has 0 radical (unpaired) electrons. The first-order valence-corrected chi connectivity index (χ1v) is 7.75. The van der Waals surface area contributed by atoms with Crippen LogP contribution in [0.2, 0.25) is 0 Å². The Morgan fingerprint density at radius 2 is 2.05 bits per heavy atom. The predicted molar refractivity (Wildman–Crippen MR) is 87.6 cm³/mol. The van der Waals surface area contributed by atoms with Gasteiger partial charge in [-0.3, -0.25) is 0 Å². The van der Waals surface area contributed by atoms with Crippen molar-refractivity contribution in [2.24, 2.45) is 0 Å². The average molecular weight is 342 g/mol. The normalized spacial score (nSPS) is 12.3. The molecular weight excluding hydrogens is 318 g/mol. The molecule has 4 heteroatoms. The van der Waals surface area contributed by atoms with Gasteiger partial charge in [-0.1, -0.05) is 26.5 Å². The largest absolute Gasteiger partial charge is 0.490 e. The van der Waals surface area contributed by atoms with E-state index in [0.29, 0.717) is 12.6 Å². The van der Waals surface area contributed by atoms with Crippen molar-refractivity contribution in [1.82, 2.24) is 5.32 Å². The Morgan fingerprint density at radius 3 is 2.60 bits per heavy atom. The van der Waals surface area contributed by atoms with Crippen molar-refractivity contribution in [2.75, 3.05) is 6.61 Å². The van der Waals surface area contributed by atoms with Crippen molar-refractivity contribution < 1.29 is 9.47 Å². The van der Waals surface area contributed by atoms with E-state index in [1.54, 1.807) is 6.08 Å². The maximum absolute atomic E-state index is 5.85. The minimum Gasteiger partial charge on any atom is -0.490 e. The smallest absolute Gasteiger partial charge is 0.176 e. The van der Waals surface area contributed by atoms with Crippen LogP contribution in [-0.2, 0) is 6.54 Å². The maximum atomic E-state index is 5.85. The van der Waals surface area contributed by atoms with E-state index >= 15 is 0 Å². The molecule has 1 N–H and O–H groups in total. The Bertz CT molecular complexity index is 446. The fourth-order valence-electron chi connectivity index (χ4n) is 1.66. The molecule has 0 bridgehead atoms. The highest BCUT2D eigenvalue weighted by Gasteiger charge is 2.14. The summed E-state index contributed by atoms with van der Waals surface area (Å²) in [5.41, 5.74) is 1.16. The Morgan fingerprint density at radius 1 is 1.35 bits per heavy atom. The van der Waals surface area contributed by atoms with Crippen molar-refractivity contribution in [3.63, 3.8) is 0 Å². The summed E-state index contributed by atoms with van der Waals surface area (Å²) in [4.78, 5) is 0. The van der Waals surface area contributed by atoms with E-state index in [4.69, 9.17) is 9.47 Å². The predicted octanol–water partition coefficient (Wildman–Crippen LogP) is 4.30. The quantitative estimate of drug-likeness (QED) is 0.715. The number of hydrogen-bond donors (Lipinski definition) is 1. The SMILES string of the molecule is C=CC(C)Oc1c(Br)cc(CNC(C)C)cc1OCC. The Kier molecular flexibility index (Phi) is 7.10. The summed E-state index contributed by atoms with van der Waals surface area (Å²) < 4.78 is 12.4. The fraction of sp³-hybridized carbons (Fsp3) is 0.500. The van der Waals surface area contributed by atoms with Gasteiger partial charge in [0.05, 0.1) is 11.1 Å². The number of benzene rings is 1. The molecule has 0 saturated carbocycles. The molecule has 20 heavy (non-hydrogen) atoms. The minimum absolute atomic E-state index is 0.0647. The highest BCUT2D eigenvalue weighted by molar-refractivity contribution is 9.10. The third-order valence-electron chi connectivity index (χ3n) is 2.72. The zero-order valence-corrected chi connectivity index (χ0v) is 14.3. The summed E-state index contributed by atoms with van der Waals surface area (Å²) in [5, 5.41) is 3.40. The second-order valence-corrected chi connectivity index (χ2v) is 5.79. The molecule has 1 atom stereocenters. The van der Waals surface area contributed by atoms with Gasteiger partial charge in [0.1, 0.15) is 6.10 Å². The van der Waals surface area contributed by atoms with Crippen LogP contribution in [-0.4, -0.2) is 18.8 Å². The van der Waals surface area contributed by atoms with Crippen LogP contribution in [0.5, 0.6) is 11.5 Å². The number of hydrogen-bond acceptors (Lipinski definition) is 3. The van der Waals surface area contributed by atoms with Gasteiger partial charge in [-0.2, -0.15) is 0 Å². The van der Waals surface area contributed by atoms with E-state index in [2.05, 4.69) is 47.7 Å². The topological polar surface area (TPSA) is 30.5 Å². The molecule has 0 heterocycles. The van der Waals surface area contributed by atoms with Gasteiger partial charge in [-0.05, 0) is 47.5 Å². The Balaban J connectivity index is 3.01. The molecule has 0 saturated heterocycles.